The molecule has 0 unspecified atom stereocenters. The molecule has 12 heteroatoms. The van der Waals surface area contributed by atoms with E-state index >= 15 is 0 Å². The van der Waals surface area contributed by atoms with Gasteiger partial charge in [0.15, 0.2) is 11.5 Å². The highest BCUT2D eigenvalue weighted by molar-refractivity contribution is 6.33. The summed E-state index contributed by atoms with van der Waals surface area (Å²) in [4.78, 5) is 22.5. The Labute approximate surface area is 190 Å². The van der Waals surface area contributed by atoms with Crippen molar-refractivity contribution in [3.8, 4) is 5.69 Å². The van der Waals surface area contributed by atoms with Crippen LogP contribution in [0, 0.1) is 0 Å². The molecule has 1 aliphatic heterocycles. The lowest BCUT2D eigenvalue weighted by atomic mass is 10.2. The van der Waals surface area contributed by atoms with Gasteiger partial charge < -0.3 is 10.6 Å². The van der Waals surface area contributed by atoms with Crippen molar-refractivity contribution >= 4 is 28.9 Å². The van der Waals surface area contributed by atoms with Gasteiger partial charge in [0.05, 0.1) is 16.8 Å². The van der Waals surface area contributed by atoms with Gasteiger partial charge in [-0.1, -0.05) is 29.8 Å². The zero-order chi connectivity index (χ0) is 23.3. The Balaban J connectivity index is 1.71. The second-order valence-corrected chi connectivity index (χ2v) is 8.02. The summed E-state index contributed by atoms with van der Waals surface area (Å²) in [6, 6.07) is 10.8. The van der Waals surface area contributed by atoms with E-state index in [0.717, 1.165) is 6.07 Å². The van der Waals surface area contributed by atoms with Gasteiger partial charge in [-0.3, -0.25) is 9.36 Å². The van der Waals surface area contributed by atoms with E-state index < -0.39 is 23.9 Å². The Morgan fingerprint density at radius 3 is 2.61 bits per heavy atom. The molecule has 8 nitrogen and oxygen atoms in total. The topological polar surface area (TPSA) is 94.3 Å². The monoisotopic (exact) mass is 475 g/mol. The minimum atomic E-state index is -4.67. The zero-order valence-electron chi connectivity index (χ0n) is 17.0. The molecule has 1 aliphatic rings. The number of nitrogen functional groups attached to an aromatic ring is 1. The number of fused-ring (bicyclic) bond motifs is 1. The third-order valence-electron chi connectivity index (χ3n) is 5.54. The van der Waals surface area contributed by atoms with Crippen LogP contribution in [-0.2, 0) is 6.18 Å². The standard InChI is InChI=1S/C21H17ClF3N7O/c22-13-8-10-31-17(13)19(33)32(12-5-2-1-3-6-12)18(29-31)14-7-4-9-30(14)16-11-15(21(23,24)25)27-20(26)28-16/h1-3,5-6,8,10-11,14H,4,7,9H2,(H2,26,27,28)/t14-/m0/s1. The number of nitrogens with two attached hydrogens (primary N) is 1. The van der Waals surface area contributed by atoms with Crippen LogP contribution in [0.2, 0.25) is 5.02 Å². The van der Waals surface area contributed by atoms with Crippen LogP contribution in [0.4, 0.5) is 24.9 Å². The molecule has 1 aromatic carbocycles. The Bertz CT molecular complexity index is 1400. The Kier molecular flexibility index (Phi) is 5.00. The minimum absolute atomic E-state index is 0.0248. The number of anilines is 2. The van der Waals surface area contributed by atoms with E-state index in [1.165, 1.54) is 9.08 Å². The minimum Gasteiger partial charge on any atom is -0.368 e. The van der Waals surface area contributed by atoms with Crippen LogP contribution < -0.4 is 16.2 Å². The Morgan fingerprint density at radius 2 is 1.88 bits per heavy atom. The number of rotatable bonds is 3. The summed E-state index contributed by atoms with van der Waals surface area (Å²) in [5, 5.41) is 4.90. The molecule has 1 saturated heterocycles. The summed E-state index contributed by atoms with van der Waals surface area (Å²) in [5.41, 5.74) is 4.85. The Hall–Kier alpha value is -3.60. The first-order valence-electron chi connectivity index (χ1n) is 10.1. The number of alkyl halides is 3. The van der Waals surface area contributed by atoms with Crippen LogP contribution >= 0.6 is 11.6 Å². The first-order chi connectivity index (χ1) is 15.7. The summed E-state index contributed by atoms with van der Waals surface area (Å²) in [6.07, 6.45) is -1.90. The molecule has 5 rings (SSSR count). The normalized spacial score (nSPS) is 16.6. The van der Waals surface area contributed by atoms with E-state index in [1.807, 2.05) is 6.07 Å². The van der Waals surface area contributed by atoms with Gasteiger partial charge in [-0.2, -0.15) is 23.3 Å². The van der Waals surface area contributed by atoms with Gasteiger partial charge in [0.2, 0.25) is 5.95 Å². The fourth-order valence-corrected chi connectivity index (χ4v) is 4.37. The lowest BCUT2D eigenvalue weighted by molar-refractivity contribution is -0.141. The van der Waals surface area contributed by atoms with Gasteiger partial charge in [0.25, 0.3) is 5.56 Å². The lowest BCUT2D eigenvalue weighted by Crippen LogP contribution is -2.33. The van der Waals surface area contributed by atoms with Gasteiger partial charge in [-0.05, 0) is 31.0 Å². The molecule has 1 fully saturated rings. The van der Waals surface area contributed by atoms with E-state index in [0.29, 0.717) is 30.9 Å². The molecule has 170 valence electrons. The maximum absolute atomic E-state index is 13.5. The molecule has 0 radical (unpaired) electrons. The number of halogens is 4. The summed E-state index contributed by atoms with van der Waals surface area (Å²) in [7, 11) is 0. The first kappa shape index (κ1) is 21.3. The zero-order valence-corrected chi connectivity index (χ0v) is 17.8. The van der Waals surface area contributed by atoms with E-state index in [4.69, 9.17) is 17.3 Å². The van der Waals surface area contributed by atoms with Crippen molar-refractivity contribution in [2.24, 2.45) is 0 Å². The fourth-order valence-electron chi connectivity index (χ4n) is 4.14. The average Bonchev–Trinajstić information content (AvgIpc) is 3.40. The van der Waals surface area contributed by atoms with Crippen molar-refractivity contribution in [2.45, 2.75) is 25.1 Å². The molecule has 3 aromatic heterocycles. The van der Waals surface area contributed by atoms with Crippen LogP contribution in [0.5, 0.6) is 0 Å². The van der Waals surface area contributed by atoms with Crippen molar-refractivity contribution in [1.82, 2.24) is 24.1 Å². The fraction of sp³-hybridized carbons (Fsp3) is 0.238. The van der Waals surface area contributed by atoms with Gasteiger partial charge in [0.1, 0.15) is 11.3 Å². The third kappa shape index (κ3) is 3.67. The van der Waals surface area contributed by atoms with Crippen LogP contribution in [0.1, 0.15) is 30.4 Å². The van der Waals surface area contributed by atoms with Crippen molar-refractivity contribution in [3.05, 3.63) is 75.6 Å². The average molecular weight is 476 g/mol. The van der Waals surface area contributed by atoms with E-state index in [-0.39, 0.29) is 21.9 Å². The maximum Gasteiger partial charge on any atom is 0.433 e. The lowest BCUT2D eigenvalue weighted by Gasteiger charge is -2.27. The number of para-hydroxylation sites is 1. The van der Waals surface area contributed by atoms with E-state index in [9.17, 15) is 18.0 Å². The SMILES string of the molecule is Nc1nc(N2CCC[C@H]2c2nn3ccc(Cl)c3c(=O)n2-c2ccccc2)cc(C(F)(F)F)n1. The molecule has 0 bridgehead atoms. The van der Waals surface area contributed by atoms with Crippen LogP contribution in [0.3, 0.4) is 0 Å². The third-order valence-corrected chi connectivity index (χ3v) is 5.85. The number of hydrogen-bond donors (Lipinski definition) is 1. The van der Waals surface area contributed by atoms with Gasteiger partial charge in [-0.25, -0.2) is 9.50 Å². The smallest absolute Gasteiger partial charge is 0.368 e. The van der Waals surface area contributed by atoms with Gasteiger partial charge in [-0.15, -0.1) is 0 Å². The molecule has 4 heterocycles. The molecule has 1 atom stereocenters. The van der Waals surface area contributed by atoms with Crippen molar-refractivity contribution in [3.63, 3.8) is 0 Å². The molecule has 0 amide bonds. The molecule has 33 heavy (non-hydrogen) atoms. The van der Waals surface area contributed by atoms with Crippen LogP contribution in [0.25, 0.3) is 11.2 Å². The second kappa shape index (κ2) is 7.77. The molecule has 4 aromatic rings. The van der Waals surface area contributed by atoms with E-state index in [1.54, 1.807) is 41.4 Å². The number of nitrogens with zero attached hydrogens (tertiary/aromatic N) is 6. The second-order valence-electron chi connectivity index (χ2n) is 7.61. The summed E-state index contributed by atoms with van der Waals surface area (Å²) in [5.74, 6) is -0.0995. The highest BCUT2D eigenvalue weighted by Gasteiger charge is 2.37. The van der Waals surface area contributed by atoms with Crippen LogP contribution in [-0.4, -0.2) is 30.7 Å². The molecule has 0 aliphatic carbocycles. The highest BCUT2D eigenvalue weighted by atomic mass is 35.5. The molecule has 2 N–H and O–H groups in total. The summed E-state index contributed by atoms with van der Waals surface area (Å²) >= 11 is 6.23. The predicted molar refractivity (Wildman–Crippen MR) is 117 cm³/mol. The Morgan fingerprint density at radius 1 is 1.12 bits per heavy atom. The largest absolute Gasteiger partial charge is 0.433 e. The van der Waals surface area contributed by atoms with Crippen molar-refractivity contribution in [1.29, 1.82) is 0 Å². The predicted octanol–water partition coefficient (Wildman–Crippen LogP) is 3.87. The van der Waals surface area contributed by atoms with Gasteiger partial charge in [0, 0.05) is 18.8 Å². The number of hydrogen-bond acceptors (Lipinski definition) is 6. The number of aromatic nitrogens is 5. The first-order valence-corrected chi connectivity index (χ1v) is 10.5. The van der Waals surface area contributed by atoms with E-state index in [2.05, 4.69) is 15.1 Å². The van der Waals surface area contributed by atoms with Crippen LogP contribution in [0.15, 0.2) is 53.5 Å². The van der Waals surface area contributed by atoms with Crippen molar-refractivity contribution < 1.29 is 13.2 Å². The maximum atomic E-state index is 13.5. The molecular weight excluding hydrogens is 459 g/mol. The molecule has 0 spiro atoms. The summed E-state index contributed by atoms with van der Waals surface area (Å²) in [6.45, 7) is 0.410. The molecule has 0 saturated carbocycles. The number of benzene rings is 1. The van der Waals surface area contributed by atoms with Crippen molar-refractivity contribution in [2.75, 3.05) is 17.2 Å². The quantitative estimate of drug-likeness (QED) is 0.483. The summed E-state index contributed by atoms with van der Waals surface area (Å²) < 4.78 is 42.8. The molecular formula is C21H17ClF3N7O. The highest BCUT2D eigenvalue weighted by Crippen LogP contribution is 2.37. The van der Waals surface area contributed by atoms with Gasteiger partial charge >= 0.3 is 6.18 Å².